The Morgan fingerprint density at radius 1 is 1.33 bits per heavy atom. The molecule has 2 heteroatoms. The highest BCUT2D eigenvalue weighted by atomic mass is 32.1. The first-order valence-electron chi connectivity index (χ1n) is 4.00. The first kappa shape index (κ1) is 7.77. The van der Waals surface area contributed by atoms with E-state index < -0.39 is 0 Å². The van der Waals surface area contributed by atoms with Crippen LogP contribution < -0.4 is 5.73 Å². The highest BCUT2D eigenvalue weighted by molar-refractivity contribution is 7.19. The SMILES string of the molecule is Cc1sc2ccccc2c1CN. The van der Waals surface area contributed by atoms with Crippen LogP contribution in [0, 0.1) is 6.92 Å². The number of hydrogen-bond acceptors (Lipinski definition) is 2. The fourth-order valence-corrected chi connectivity index (χ4v) is 2.57. The van der Waals surface area contributed by atoms with Gasteiger partial charge in [-0.05, 0) is 23.9 Å². The van der Waals surface area contributed by atoms with E-state index in [0.717, 1.165) is 0 Å². The summed E-state index contributed by atoms with van der Waals surface area (Å²) in [5.41, 5.74) is 6.97. The van der Waals surface area contributed by atoms with Crippen LogP contribution in [0.15, 0.2) is 24.3 Å². The number of aryl methyl sites for hydroxylation is 1. The molecule has 0 radical (unpaired) electrons. The molecule has 62 valence electrons. The molecule has 2 rings (SSSR count). The van der Waals surface area contributed by atoms with Crippen molar-refractivity contribution in [1.82, 2.24) is 0 Å². The van der Waals surface area contributed by atoms with Crippen molar-refractivity contribution in [2.24, 2.45) is 5.73 Å². The van der Waals surface area contributed by atoms with E-state index in [-0.39, 0.29) is 0 Å². The fourth-order valence-electron chi connectivity index (χ4n) is 1.47. The van der Waals surface area contributed by atoms with Crippen LogP contribution in [0.4, 0.5) is 0 Å². The minimum Gasteiger partial charge on any atom is -0.326 e. The van der Waals surface area contributed by atoms with Crippen molar-refractivity contribution in [1.29, 1.82) is 0 Å². The Kier molecular flexibility index (Phi) is 1.87. The molecule has 1 aromatic carbocycles. The normalized spacial score (nSPS) is 10.8. The molecule has 1 aromatic heterocycles. The first-order chi connectivity index (χ1) is 5.83. The Morgan fingerprint density at radius 3 is 2.83 bits per heavy atom. The molecule has 0 spiro atoms. The van der Waals surface area contributed by atoms with Crippen LogP contribution in [0.5, 0.6) is 0 Å². The molecule has 0 aliphatic carbocycles. The molecule has 2 N–H and O–H groups in total. The summed E-state index contributed by atoms with van der Waals surface area (Å²) in [6, 6.07) is 8.42. The van der Waals surface area contributed by atoms with Crippen LogP contribution in [0.25, 0.3) is 10.1 Å². The van der Waals surface area contributed by atoms with Crippen LogP contribution in [-0.2, 0) is 6.54 Å². The summed E-state index contributed by atoms with van der Waals surface area (Å²) in [5.74, 6) is 0. The summed E-state index contributed by atoms with van der Waals surface area (Å²) in [4.78, 5) is 1.35. The van der Waals surface area contributed by atoms with E-state index in [4.69, 9.17) is 5.73 Å². The Morgan fingerprint density at radius 2 is 2.08 bits per heavy atom. The molecule has 0 amide bonds. The molecule has 0 saturated heterocycles. The zero-order valence-corrected chi connectivity index (χ0v) is 7.82. The molecular weight excluding hydrogens is 166 g/mol. The molecule has 0 bridgehead atoms. The van der Waals surface area contributed by atoms with E-state index >= 15 is 0 Å². The van der Waals surface area contributed by atoms with Crippen molar-refractivity contribution < 1.29 is 0 Å². The Hall–Kier alpha value is -0.860. The maximum Gasteiger partial charge on any atom is 0.0348 e. The maximum atomic E-state index is 5.67. The summed E-state index contributed by atoms with van der Waals surface area (Å²) in [6.45, 7) is 2.78. The summed E-state index contributed by atoms with van der Waals surface area (Å²) in [7, 11) is 0. The maximum absolute atomic E-state index is 5.67. The Balaban J connectivity index is 2.81. The van der Waals surface area contributed by atoms with Crippen molar-refractivity contribution in [3.8, 4) is 0 Å². The van der Waals surface area contributed by atoms with Gasteiger partial charge in [-0.3, -0.25) is 0 Å². The zero-order valence-electron chi connectivity index (χ0n) is 7.00. The largest absolute Gasteiger partial charge is 0.326 e. The molecule has 0 unspecified atom stereocenters. The second-order valence-corrected chi connectivity index (χ2v) is 4.09. The first-order valence-corrected chi connectivity index (χ1v) is 4.81. The lowest BCUT2D eigenvalue weighted by molar-refractivity contribution is 1.08. The average molecular weight is 177 g/mol. The molecule has 2 aromatic rings. The highest BCUT2D eigenvalue weighted by Crippen LogP contribution is 2.29. The molecule has 0 saturated carbocycles. The zero-order chi connectivity index (χ0) is 8.55. The highest BCUT2D eigenvalue weighted by Gasteiger charge is 2.05. The predicted molar refractivity (Wildman–Crippen MR) is 54.5 cm³/mol. The molecule has 1 heterocycles. The van der Waals surface area contributed by atoms with Crippen LogP contribution in [0.1, 0.15) is 10.4 Å². The molecule has 1 nitrogen and oxygen atoms in total. The number of hydrogen-bond donors (Lipinski definition) is 1. The van der Waals surface area contributed by atoms with E-state index in [0.29, 0.717) is 6.54 Å². The molecule has 0 aliphatic rings. The van der Waals surface area contributed by atoms with E-state index in [2.05, 4.69) is 31.2 Å². The standard InChI is InChI=1S/C10H11NS/c1-7-9(6-11)8-4-2-3-5-10(8)12-7/h2-5H,6,11H2,1H3. The Labute approximate surface area is 75.8 Å². The third-order valence-electron chi connectivity index (χ3n) is 2.10. The molecular formula is C10H11NS. The van der Waals surface area contributed by atoms with Gasteiger partial charge in [-0.15, -0.1) is 11.3 Å². The summed E-state index contributed by atoms with van der Waals surface area (Å²) in [5, 5.41) is 1.32. The van der Waals surface area contributed by atoms with Crippen molar-refractivity contribution in [3.05, 3.63) is 34.7 Å². The van der Waals surface area contributed by atoms with Gasteiger partial charge in [0, 0.05) is 16.1 Å². The van der Waals surface area contributed by atoms with Crippen molar-refractivity contribution >= 4 is 21.4 Å². The minimum atomic E-state index is 0.649. The third-order valence-corrected chi connectivity index (χ3v) is 3.23. The molecule has 0 aliphatic heterocycles. The number of benzene rings is 1. The van der Waals surface area contributed by atoms with Gasteiger partial charge in [0.15, 0.2) is 0 Å². The monoisotopic (exact) mass is 177 g/mol. The third kappa shape index (κ3) is 1.04. The van der Waals surface area contributed by atoms with Gasteiger partial charge in [0.25, 0.3) is 0 Å². The van der Waals surface area contributed by atoms with Gasteiger partial charge < -0.3 is 5.73 Å². The predicted octanol–water partition coefficient (Wildman–Crippen LogP) is 2.67. The van der Waals surface area contributed by atoms with Gasteiger partial charge in [0.1, 0.15) is 0 Å². The van der Waals surface area contributed by atoms with Gasteiger partial charge in [-0.25, -0.2) is 0 Å². The Bertz CT molecular complexity index is 403. The smallest absolute Gasteiger partial charge is 0.0348 e. The fraction of sp³-hybridized carbons (Fsp3) is 0.200. The number of rotatable bonds is 1. The molecule has 0 fully saturated rings. The molecule has 0 atom stereocenters. The van der Waals surface area contributed by atoms with Crippen LogP contribution in [0.2, 0.25) is 0 Å². The van der Waals surface area contributed by atoms with Crippen molar-refractivity contribution in [2.45, 2.75) is 13.5 Å². The quantitative estimate of drug-likeness (QED) is 0.712. The van der Waals surface area contributed by atoms with E-state index in [1.807, 2.05) is 11.3 Å². The second kappa shape index (κ2) is 2.88. The van der Waals surface area contributed by atoms with Crippen LogP contribution >= 0.6 is 11.3 Å². The van der Waals surface area contributed by atoms with Gasteiger partial charge in [0.2, 0.25) is 0 Å². The molecule has 12 heavy (non-hydrogen) atoms. The summed E-state index contributed by atoms with van der Waals surface area (Å²) < 4.78 is 1.34. The van der Waals surface area contributed by atoms with Crippen LogP contribution in [0.3, 0.4) is 0 Å². The summed E-state index contributed by atoms with van der Waals surface area (Å²) in [6.07, 6.45) is 0. The lowest BCUT2D eigenvalue weighted by atomic mass is 10.1. The van der Waals surface area contributed by atoms with Gasteiger partial charge in [-0.1, -0.05) is 18.2 Å². The van der Waals surface area contributed by atoms with Crippen LogP contribution in [-0.4, -0.2) is 0 Å². The average Bonchev–Trinajstić information content (AvgIpc) is 2.40. The van der Waals surface area contributed by atoms with Crippen molar-refractivity contribution in [2.75, 3.05) is 0 Å². The van der Waals surface area contributed by atoms with E-state index in [1.54, 1.807) is 0 Å². The van der Waals surface area contributed by atoms with E-state index in [9.17, 15) is 0 Å². The topological polar surface area (TPSA) is 26.0 Å². The number of fused-ring (bicyclic) bond motifs is 1. The van der Waals surface area contributed by atoms with Crippen molar-refractivity contribution in [3.63, 3.8) is 0 Å². The minimum absolute atomic E-state index is 0.649. The second-order valence-electron chi connectivity index (χ2n) is 2.84. The van der Waals surface area contributed by atoms with E-state index in [1.165, 1.54) is 20.5 Å². The van der Waals surface area contributed by atoms with Gasteiger partial charge in [0.05, 0.1) is 0 Å². The number of nitrogens with two attached hydrogens (primary N) is 1. The lowest BCUT2D eigenvalue weighted by Gasteiger charge is -1.94. The summed E-state index contributed by atoms with van der Waals surface area (Å²) >= 11 is 1.82. The van der Waals surface area contributed by atoms with Gasteiger partial charge in [-0.2, -0.15) is 0 Å². The number of thiophene rings is 1. The van der Waals surface area contributed by atoms with Gasteiger partial charge >= 0.3 is 0 Å². The lowest BCUT2D eigenvalue weighted by Crippen LogP contribution is -1.95.